The number of Topliss-reactive ketones (excluding diaryl/α,β-unsaturated/α-hetero) is 1. The Morgan fingerprint density at radius 2 is 1.62 bits per heavy atom. The minimum Gasteiger partial charge on any atom is -0.496 e. The molecular weight excluding hydrogens is 516 g/mol. The summed E-state index contributed by atoms with van der Waals surface area (Å²) in [5.41, 5.74) is 0.528. The van der Waals surface area contributed by atoms with Gasteiger partial charge in [-0.3, -0.25) is 14.6 Å². The van der Waals surface area contributed by atoms with E-state index >= 15 is 8.78 Å². The lowest BCUT2D eigenvalue weighted by Crippen LogP contribution is -2.41. The van der Waals surface area contributed by atoms with Crippen LogP contribution in [0, 0.1) is 6.92 Å². The van der Waals surface area contributed by atoms with Crippen LogP contribution in [0.4, 0.5) is 8.78 Å². The Hall–Kier alpha value is -4.33. The number of methoxy groups -OCH3 is 2. The van der Waals surface area contributed by atoms with E-state index in [9.17, 15) is 9.59 Å². The number of nitrogens with zero attached hydrogens (tertiary/aromatic N) is 1. The average Bonchev–Trinajstić information content (AvgIpc) is 3.45. The summed E-state index contributed by atoms with van der Waals surface area (Å²) in [5, 5.41) is 9.17. The maximum absolute atomic E-state index is 15.4. The molecule has 1 aliphatic rings. The number of carboxylic acid groups (broad SMARTS) is 1. The SMILES string of the molecule is COc1cc(C(=O)C2(C(CCC(F)(F)c3ccccc3)c3ccc(CC(=O)O)cc3)C=CC=N2)cc(OC)c1C. The summed E-state index contributed by atoms with van der Waals surface area (Å²) < 4.78 is 41.7. The van der Waals surface area contributed by atoms with Crippen LogP contribution in [0.3, 0.4) is 0 Å². The molecule has 1 heterocycles. The smallest absolute Gasteiger partial charge is 0.307 e. The van der Waals surface area contributed by atoms with E-state index in [4.69, 9.17) is 14.6 Å². The van der Waals surface area contributed by atoms with Gasteiger partial charge in [0.15, 0.2) is 5.78 Å². The zero-order chi connectivity index (χ0) is 28.9. The van der Waals surface area contributed by atoms with Crippen LogP contribution in [-0.4, -0.2) is 42.8 Å². The fraction of sp³-hybridized carbons (Fsp3) is 0.281. The second-order valence-electron chi connectivity index (χ2n) is 9.77. The second-order valence-corrected chi connectivity index (χ2v) is 9.77. The van der Waals surface area contributed by atoms with E-state index in [1.54, 1.807) is 66.7 Å². The highest BCUT2D eigenvalue weighted by atomic mass is 19.3. The van der Waals surface area contributed by atoms with Gasteiger partial charge in [0, 0.05) is 35.2 Å². The van der Waals surface area contributed by atoms with E-state index in [-0.39, 0.29) is 24.0 Å². The monoisotopic (exact) mass is 547 g/mol. The molecule has 2 atom stereocenters. The highest BCUT2D eigenvalue weighted by Gasteiger charge is 2.47. The first-order valence-corrected chi connectivity index (χ1v) is 12.9. The molecule has 0 saturated heterocycles. The molecule has 0 fully saturated rings. The highest BCUT2D eigenvalue weighted by molar-refractivity contribution is 6.08. The summed E-state index contributed by atoms with van der Waals surface area (Å²) >= 11 is 0. The lowest BCUT2D eigenvalue weighted by Gasteiger charge is -2.34. The third-order valence-electron chi connectivity index (χ3n) is 7.31. The molecule has 0 spiro atoms. The Kier molecular flexibility index (Phi) is 8.47. The van der Waals surface area contributed by atoms with Crippen LogP contribution in [0.25, 0.3) is 0 Å². The van der Waals surface area contributed by atoms with Gasteiger partial charge in [-0.05, 0) is 48.8 Å². The number of allylic oxidation sites excluding steroid dienone is 1. The molecule has 3 aromatic carbocycles. The molecule has 2 unspecified atom stereocenters. The standard InChI is InChI=1S/C32H31F2NO5/c1-21-27(39-2)19-24(20-28(21)40-3)30(38)31(15-7-17-35-31)26(23-12-10-22(11-13-23)18-29(36)37)14-16-32(33,34)25-8-5-4-6-9-25/h4-13,15,17,19-20,26H,14,16,18H2,1-3H3,(H,36,37). The third kappa shape index (κ3) is 5.81. The Labute approximate surface area is 232 Å². The van der Waals surface area contributed by atoms with Gasteiger partial charge in [-0.2, -0.15) is 0 Å². The summed E-state index contributed by atoms with van der Waals surface area (Å²) in [6.45, 7) is 1.81. The van der Waals surface area contributed by atoms with Gasteiger partial charge in [-0.15, -0.1) is 0 Å². The number of benzene rings is 3. The molecule has 6 nitrogen and oxygen atoms in total. The van der Waals surface area contributed by atoms with E-state index in [1.165, 1.54) is 32.6 Å². The molecule has 0 aromatic heterocycles. The summed E-state index contributed by atoms with van der Waals surface area (Å²) in [7, 11) is 2.99. The Balaban J connectivity index is 1.79. The zero-order valence-electron chi connectivity index (χ0n) is 22.6. The molecule has 1 N–H and O–H groups in total. The molecule has 3 aromatic rings. The van der Waals surface area contributed by atoms with Gasteiger partial charge in [-0.25, -0.2) is 8.78 Å². The highest BCUT2D eigenvalue weighted by Crippen LogP contribution is 2.45. The van der Waals surface area contributed by atoms with Crippen LogP contribution in [0.15, 0.2) is 83.9 Å². The van der Waals surface area contributed by atoms with E-state index in [0.29, 0.717) is 28.2 Å². The van der Waals surface area contributed by atoms with E-state index in [0.717, 1.165) is 0 Å². The van der Waals surface area contributed by atoms with Crippen molar-refractivity contribution in [2.45, 2.75) is 43.6 Å². The van der Waals surface area contributed by atoms with Crippen molar-refractivity contribution < 1.29 is 33.0 Å². The van der Waals surface area contributed by atoms with E-state index < -0.39 is 35.6 Å². The Morgan fingerprint density at radius 1 is 1.00 bits per heavy atom. The van der Waals surface area contributed by atoms with Crippen molar-refractivity contribution in [1.29, 1.82) is 0 Å². The molecule has 0 aliphatic carbocycles. The predicted octanol–water partition coefficient (Wildman–Crippen LogP) is 6.56. The number of alkyl halides is 2. The van der Waals surface area contributed by atoms with Gasteiger partial charge in [0.2, 0.25) is 0 Å². The number of aliphatic imine (C=N–C) groups is 1. The van der Waals surface area contributed by atoms with Gasteiger partial charge in [-0.1, -0.05) is 54.6 Å². The lowest BCUT2D eigenvalue weighted by atomic mass is 9.72. The summed E-state index contributed by atoms with van der Waals surface area (Å²) in [6.07, 6.45) is 4.00. The molecule has 0 bridgehead atoms. The van der Waals surface area contributed by atoms with Crippen molar-refractivity contribution in [2.24, 2.45) is 4.99 Å². The molecular formula is C32H31F2NO5. The van der Waals surface area contributed by atoms with E-state index in [1.807, 2.05) is 6.92 Å². The average molecular weight is 548 g/mol. The number of ketones is 1. The lowest BCUT2D eigenvalue weighted by molar-refractivity contribution is -0.136. The van der Waals surface area contributed by atoms with Crippen LogP contribution >= 0.6 is 0 Å². The minimum absolute atomic E-state index is 0.0757. The zero-order valence-corrected chi connectivity index (χ0v) is 22.6. The molecule has 40 heavy (non-hydrogen) atoms. The van der Waals surface area contributed by atoms with Crippen molar-refractivity contribution in [3.05, 3.63) is 107 Å². The summed E-state index contributed by atoms with van der Waals surface area (Å²) in [6, 6.07) is 17.5. The normalized spacial score (nSPS) is 17.0. The quantitative estimate of drug-likeness (QED) is 0.260. The van der Waals surface area contributed by atoms with Gasteiger partial charge in [0.1, 0.15) is 17.0 Å². The number of ether oxygens (including phenoxy) is 2. The summed E-state index contributed by atoms with van der Waals surface area (Å²) in [5.74, 6) is -4.39. The number of hydrogen-bond acceptors (Lipinski definition) is 5. The maximum atomic E-state index is 15.4. The largest absolute Gasteiger partial charge is 0.496 e. The number of carboxylic acids is 1. The topological polar surface area (TPSA) is 85.2 Å². The fourth-order valence-electron chi connectivity index (χ4n) is 5.18. The predicted molar refractivity (Wildman–Crippen MR) is 149 cm³/mol. The van der Waals surface area contributed by atoms with Crippen molar-refractivity contribution in [1.82, 2.24) is 0 Å². The van der Waals surface area contributed by atoms with Crippen molar-refractivity contribution in [3.8, 4) is 11.5 Å². The number of carbonyl (C=O) groups excluding carboxylic acids is 1. The maximum Gasteiger partial charge on any atom is 0.307 e. The molecule has 8 heteroatoms. The van der Waals surface area contributed by atoms with Crippen molar-refractivity contribution in [3.63, 3.8) is 0 Å². The Morgan fingerprint density at radius 3 is 2.15 bits per heavy atom. The van der Waals surface area contributed by atoms with Gasteiger partial charge in [0.25, 0.3) is 5.92 Å². The molecule has 208 valence electrons. The Bertz CT molecular complexity index is 1390. The van der Waals surface area contributed by atoms with Crippen LogP contribution in [0.2, 0.25) is 0 Å². The molecule has 4 rings (SSSR count). The number of aliphatic carboxylic acids is 1. The van der Waals surface area contributed by atoms with Crippen LogP contribution in [-0.2, 0) is 17.1 Å². The first-order chi connectivity index (χ1) is 19.1. The first kappa shape index (κ1) is 28.7. The molecule has 0 saturated carbocycles. The number of halogens is 2. The van der Waals surface area contributed by atoms with Gasteiger partial charge >= 0.3 is 5.97 Å². The van der Waals surface area contributed by atoms with E-state index in [2.05, 4.69) is 4.99 Å². The molecule has 0 radical (unpaired) electrons. The minimum atomic E-state index is -3.14. The molecule has 1 aliphatic heterocycles. The molecule has 0 amide bonds. The number of hydrogen-bond donors (Lipinski definition) is 1. The number of rotatable bonds is 12. The van der Waals surface area contributed by atoms with Crippen molar-refractivity contribution in [2.75, 3.05) is 14.2 Å². The number of carbonyl (C=O) groups is 2. The second kappa shape index (κ2) is 11.8. The van der Waals surface area contributed by atoms with Crippen LogP contribution in [0.5, 0.6) is 11.5 Å². The fourth-order valence-corrected chi connectivity index (χ4v) is 5.18. The summed E-state index contributed by atoms with van der Waals surface area (Å²) in [4.78, 5) is 30.1. The first-order valence-electron chi connectivity index (χ1n) is 12.9. The van der Waals surface area contributed by atoms with Crippen LogP contribution in [0.1, 0.15) is 51.4 Å². The van der Waals surface area contributed by atoms with Gasteiger partial charge < -0.3 is 14.6 Å². The van der Waals surface area contributed by atoms with Crippen LogP contribution < -0.4 is 9.47 Å². The van der Waals surface area contributed by atoms with Crippen molar-refractivity contribution >= 4 is 18.0 Å². The van der Waals surface area contributed by atoms with Gasteiger partial charge in [0.05, 0.1) is 20.6 Å². The third-order valence-corrected chi connectivity index (χ3v) is 7.31.